The molecule has 3 aromatic rings. The van der Waals surface area contributed by atoms with Crippen LogP contribution in [-0.2, 0) is 6.54 Å². The maximum absolute atomic E-state index is 6.12. The number of benzene rings is 2. The van der Waals surface area contributed by atoms with E-state index in [1.54, 1.807) is 19.4 Å². The highest BCUT2D eigenvalue weighted by atomic mass is 35.5. The molecular formula is C17H16ClN5O. The third-order valence-electron chi connectivity index (χ3n) is 3.33. The number of para-hydroxylation sites is 2. The maximum Gasteiger partial charge on any atom is 0.249 e. The van der Waals surface area contributed by atoms with Gasteiger partial charge in [-0.1, -0.05) is 41.9 Å². The first kappa shape index (κ1) is 16.0. The van der Waals surface area contributed by atoms with Gasteiger partial charge in [-0.05, 0) is 18.2 Å². The second-order valence-electron chi connectivity index (χ2n) is 4.94. The van der Waals surface area contributed by atoms with E-state index in [0.29, 0.717) is 23.3 Å². The van der Waals surface area contributed by atoms with E-state index in [2.05, 4.69) is 25.8 Å². The molecule has 2 aromatic carbocycles. The van der Waals surface area contributed by atoms with Gasteiger partial charge in [0.15, 0.2) is 5.82 Å². The number of methoxy groups -OCH3 is 1. The minimum absolute atomic E-state index is 0.369. The first-order valence-electron chi connectivity index (χ1n) is 7.33. The van der Waals surface area contributed by atoms with Crippen molar-refractivity contribution < 1.29 is 4.74 Å². The highest BCUT2D eigenvalue weighted by molar-refractivity contribution is 6.33. The van der Waals surface area contributed by atoms with E-state index in [-0.39, 0.29) is 0 Å². The van der Waals surface area contributed by atoms with Gasteiger partial charge in [-0.25, -0.2) is 0 Å². The smallest absolute Gasteiger partial charge is 0.249 e. The largest absolute Gasteiger partial charge is 0.496 e. The molecule has 0 unspecified atom stereocenters. The first-order valence-corrected chi connectivity index (χ1v) is 7.71. The number of hydrogen-bond acceptors (Lipinski definition) is 6. The van der Waals surface area contributed by atoms with Crippen LogP contribution in [-0.4, -0.2) is 22.3 Å². The van der Waals surface area contributed by atoms with Crippen molar-refractivity contribution in [3.8, 4) is 5.75 Å². The maximum atomic E-state index is 6.12. The van der Waals surface area contributed by atoms with Crippen LogP contribution in [0.2, 0.25) is 5.02 Å². The molecule has 0 radical (unpaired) electrons. The van der Waals surface area contributed by atoms with Gasteiger partial charge in [0.25, 0.3) is 0 Å². The lowest BCUT2D eigenvalue weighted by molar-refractivity contribution is 0.410. The van der Waals surface area contributed by atoms with E-state index in [1.807, 2.05) is 42.5 Å². The van der Waals surface area contributed by atoms with Crippen LogP contribution in [0.15, 0.2) is 54.7 Å². The van der Waals surface area contributed by atoms with Crippen LogP contribution >= 0.6 is 11.6 Å². The van der Waals surface area contributed by atoms with Crippen molar-refractivity contribution in [2.75, 3.05) is 17.7 Å². The third kappa shape index (κ3) is 3.91. The molecule has 0 atom stereocenters. The Morgan fingerprint density at radius 1 is 1.08 bits per heavy atom. The Morgan fingerprint density at radius 2 is 1.88 bits per heavy atom. The molecular weight excluding hydrogens is 326 g/mol. The van der Waals surface area contributed by atoms with Crippen LogP contribution in [0.25, 0.3) is 0 Å². The summed E-state index contributed by atoms with van der Waals surface area (Å²) in [4.78, 5) is 4.38. The fourth-order valence-electron chi connectivity index (χ4n) is 2.16. The topological polar surface area (TPSA) is 72.0 Å². The summed E-state index contributed by atoms with van der Waals surface area (Å²) in [6.45, 7) is 0.564. The minimum atomic E-state index is 0.369. The number of anilines is 3. The van der Waals surface area contributed by atoms with Crippen molar-refractivity contribution in [1.29, 1.82) is 0 Å². The van der Waals surface area contributed by atoms with Gasteiger partial charge >= 0.3 is 0 Å². The summed E-state index contributed by atoms with van der Waals surface area (Å²) in [5.41, 5.74) is 1.75. The van der Waals surface area contributed by atoms with Gasteiger partial charge in [-0.2, -0.15) is 10.1 Å². The van der Waals surface area contributed by atoms with Gasteiger partial charge < -0.3 is 15.4 Å². The van der Waals surface area contributed by atoms with Gasteiger partial charge in [0.1, 0.15) is 5.75 Å². The zero-order valence-electron chi connectivity index (χ0n) is 13.0. The van der Waals surface area contributed by atoms with Crippen molar-refractivity contribution >= 4 is 29.1 Å². The van der Waals surface area contributed by atoms with Crippen LogP contribution in [0.1, 0.15) is 5.56 Å². The minimum Gasteiger partial charge on any atom is -0.496 e. The zero-order chi connectivity index (χ0) is 16.8. The molecule has 0 aliphatic carbocycles. The lowest BCUT2D eigenvalue weighted by Crippen LogP contribution is -2.06. The predicted molar refractivity (Wildman–Crippen MR) is 94.9 cm³/mol. The fraction of sp³-hybridized carbons (Fsp3) is 0.118. The van der Waals surface area contributed by atoms with Gasteiger partial charge in [-0.15, -0.1) is 5.10 Å². The van der Waals surface area contributed by atoms with E-state index < -0.39 is 0 Å². The molecule has 0 saturated carbocycles. The van der Waals surface area contributed by atoms with Crippen molar-refractivity contribution in [2.45, 2.75) is 6.54 Å². The summed E-state index contributed by atoms with van der Waals surface area (Å²) in [6, 6.07) is 15.2. The fourth-order valence-corrected chi connectivity index (χ4v) is 2.34. The lowest BCUT2D eigenvalue weighted by atomic mass is 10.2. The second-order valence-corrected chi connectivity index (χ2v) is 5.34. The molecule has 24 heavy (non-hydrogen) atoms. The molecule has 0 fully saturated rings. The van der Waals surface area contributed by atoms with Crippen molar-refractivity contribution in [3.63, 3.8) is 0 Å². The number of aromatic nitrogens is 3. The zero-order valence-corrected chi connectivity index (χ0v) is 13.8. The third-order valence-corrected chi connectivity index (χ3v) is 3.66. The average molecular weight is 342 g/mol. The summed E-state index contributed by atoms with van der Waals surface area (Å²) < 4.78 is 5.33. The molecule has 122 valence electrons. The Kier molecular flexibility index (Phi) is 5.08. The summed E-state index contributed by atoms with van der Waals surface area (Å²) >= 11 is 6.12. The summed E-state index contributed by atoms with van der Waals surface area (Å²) in [5, 5.41) is 14.8. The molecule has 1 heterocycles. The van der Waals surface area contributed by atoms with Gasteiger partial charge in [0.05, 0.1) is 24.0 Å². The van der Waals surface area contributed by atoms with Crippen LogP contribution in [0.5, 0.6) is 5.75 Å². The molecule has 3 rings (SSSR count). The number of halogens is 1. The van der Waals surface area contributed by atoms with Crippen LogP contribution in [0, 0.1) is 0 Å². The molecule has 6 nitrogen and oxygen atoms in total. The molecule has 0 spiro atoms. The Hall–Kier alpha value is -2.86. The molecule has 1 aromatic heterocycles. The van der Waals surface area contributed by atoms with E-state index >= 15 is 0 Å². The Balaban J connectivity index is 1.70. The van der Waals surface area contributed by atoms with E-state index in [1.165, 1.54) is 0 Å². The van der Waals surface area contributed by atoms with Crippen molar-refractivity contribution in [3.05, 3.63) is 65.3 Å². The SMILES string of the molecule is COc1ccccc1CNc1cnnc(Nc2ccccc2Cl)n1. The molecule has 7 heteroatoms. The first-order chi connectivity index (χ1) is 11.8. The Morgan fingerprint density at radius 3 is 2.71 bits per heavy atom. The van der Waals surface area contributed by atoms with E-state index in [0.717, 1.165) is 17.0 Å². The van der Waals surface area contributed by atoms with E-state index in [4.69, 9.17) is 16.3 Å². The summed E-state index contributed by atoms with van der Waals surface area (Å²) in [5.74, 6) is 1.79. The van der Waals surface area contributed by atoms with Crippen molar-refractivity contribution in [1.82, 2.24) is 15.2 Å². The number of nitrogens with zero attached hydrogens (tertiary/aromatic N) is 3. The van der Waals surface area contributed by atoms with Crippen molar-refractivity contribution in [2.24, 2.45) is 0 Å². The van der Waals surface area contributed by atoms with Gasteiger partial charge in [0.2, 0.25) is 5.95 Å². The molecule has 2 N–H and O–H groups in total. The summed E-state index contributed by atoms with van der Waals surface area (Å²) in [6.07, 6.45) is 1.56. The molecule has 0 bridgehead atoms. The second kappa shape index (κ2) is 7.61. The number of ether oxygens (including phenoxy) is 1. The normalized spacial score (nSPS) is 10.2. The number of hydrogen-bond donors (Lipinski definition) is 2. The van der Waals surface area contributed by atoms with E-state index in [9.17, 15) is 0 Å². The predicted octanol–water partition coefficient (Wildman–Crippen LogP) is 3.89. The lowest BCUT2D eigenvalue weighted by Gasteiger charge is -2.10. The highest BCUT2D eigenvalue weighted by Gasteiger charge is 2.05. The van der Waals surface area contributed by atoms with Crippen LogP contribution in [0.3, 0.4) is 0 Å². The van der Waals surface area contributed by atoms with Crippen LogP contribution < -0.4 is 15.4 Å². The monoisotopic (exact) mass is 341 g/mol. The molecule has 0 amide bonds. The Labute approximate surface area is 144 Å². The molecule has 0 aliphatic heterocycles. The van der Waals surface area contributed by atoms with Gasteiger partial charge in [0, 0.05) is 12.1 Å². The molecule has 0 aliphatic rings. The van der Waals surface area contributed by atoms with Gasteiger partial charge in [-0.3, -0.25) is 0 Å². The Bertz CT molecular complexity index is 827. The van der Waals surface area contributed by atoms with Crippen LogP contribution in [0.4, 0.5) is 17.5 Å². The number of rotatable bonds is 6. The standard InChI is InChI=1S/C17H16ClN5O/c1-24-15-9-5-2-6-12(15)10-19-16-11-20-23-17(22-16)21-14-8-4-3-7-13(14)18/h2-9,11H,10H2,1H3,(H2,19,21,22,23). The quantitative estimate of drug-likeness (QED) is 0.708. The highest BCUT2D eigenvalue weighted by Crippen LogP contribution is 2.23. The summed E-state index contributed by atoms with van der Waals surface area (Å²) in [7, 11) is 1.65. The molecule has 0 saturated heterocycles. The average Bonchev–Trinajstić information content (AvgIpc) is 2.62. The number of nitrogens with one attached hydrogen (secondary N) is 2.